The monoisotopic (exact) mass is 303 g/mol. The molecule has 112 valence electrons. The number of thiophene rings is 1. The first-order chi connectivity index (χ1) is 10.0. The van der Waals surface area contributed by atoms with Gasteiger partial charge in [-0.2, -0.15) is 0 Å². The van der Waals surface area contributed by atoms with Crippen LogP contribution in [0.1, 0.15) is 34.6 Å². The second-order valence-electron chi connectivity index (χ2n) is 5.12. The zero-order valence-corrected chi connectivity index (χ0v) is 13.4. The highest BCUT2D eigenvalue weighted by Crippen LogP contribution is 2.29. The number of benzene rings is 1. The smallest absolute Gasteiger partial charge is 0.253 e. The molecule has 3 N–H and O–H groups in total. The van der Waals surface area contributed by atoms with Gasteiger partial charge in [0.2, 0.25) is 0 Å². The Bertz CT molecular complexity index is 608. The molecule has 0 saturated carbocycles. The highest BCUT2D eigenvalue weighted by molar-refractivity contribution is 7.10. The van der Waals surface area contributed by atoms with E-state index in [0.717, 1.165) is 12.1 Å². The normalized spacial score (nSPS) is 12.0. The molecule has 0 bridgehead atoms. The van der Waals surface area contributed by atoms with E-state index < -0.39 is 0 Å². The van der Waals surface area contributed by atoms with Gasteiger partial charge < -0.3 is 16.0 Å². The molecule has 1 unspecified atom stereocenters. The van der Waals surface area contributed by atoms with Crippen molar-refractivity contribution in [1.82, 2.24) is 4.90 Å². The van der Waals surface area contributed by atoms with Crippen molar-refractivity contribution in [2.45, 2.75) is 19.4 Å². The van der Waals surface area contributed by atoms with Gasteiger partial charge in [-0.05, 0) is 36.1 Å². The minimum atomic E-state index is -0.0257. The van der Waals surface area contributed by atoms with Gasteiger partial charge in [0, 0.05) is 24.5 Å². The molecule has 0 aliphatic heterocycles. The topological polar surface area (TPSA) is 58.4 Å². The summed E-state index contributed by atoms with van der Waals surface area (Å²) in [5.74, 6) is -0.0257. The number of rotatable bonds is 5. The molecule has 5 heteroatoms. The predicted molar refractivity (Wildman–Crippen MR) is 89.8 cm³/mol. The molecule has 1 aromatic heterocycles. The highest BCUT2D eigenvalue weighted by Gasteiger charge is 2.14. The van der Waals surface area contributed by atoms with E-state index >= 15 is 0 Å². The Hall–Kier alpha value is -2.01. The van der Waals surface area contributed by atoms with Crippen LogP contribution >= 0.6 is 11.3 Å². The molecular weight excluding hydrogens is 282 g/mol. The number of hydrogen-bond acceptors (Lipinski definition) is 4. The van der Waals surface area contributed by atoms with Crippen molar-refractivity contribution in [3.63, 3.8) is 0 Å². The first-order valence-corrected chi connectivity index (χ1v) is 7.82. The predicted octanol–water partition coefficient (Wildman–Crippen LogP) is 3.60. The van der Waals surface area contributed by atoms with Crippen molar-refractivity contribution >= 4 is 28.6 Å². The maximum atomic E-state index is 12.1. The van der Waals surface area contributed by atoms with E-state index in [1.807, 2.05) is 12.1 Å². The third kappa shape index (κ3) is 3.55. The minimum Gasteiger partial charge on any atom is -0.397 e. The van der Waals surface area contributed by atoms with Crippen LogP contribution in [0.25, 0.3) is 0 Å². The fraction of sp³-hybridized carbons (Fsp3) is 0.312. The van der Waals surface area contributed by atoms with E-state index in [9.17, 15) is 4.79 Å². The van der Waals surface area contributed by atoms with Crippen molar-refractivity contribution in [3.8, 4) is 0 Å². The number of nitrogens with two attached hydrogens (primary N) is 1. The standard InChI is InChI=1S/C16H21N3OS/c1-4-13(15-6-5-9-21-15)18-14-10-11(7-8-12(14)17)16(20)19(2)3/h5-10,13,18H,4,17H2,1-3H3. The number of carbonyl (C=O) groups excluding carboxylic acids is 1. The molecular formula is C16H21N3OS. The maximum absolute atomic E-state index is 12.1. The lowest BCUT2D eigenvalue weighted by atomic mass is 10.1. The first-order valence-electron chi connectivity index (χ1n) is 6.94. The summed E-state index contributed by atoms with van der Waals surface area (Å²) in [7, 11) is 3.48. The molecule has 1 atom stereocenters. The Morgan fingerprint density at radius 3 is 2.71 bits per heavy atom. The summed E-state index contributed by atoms with van der Waals surface area (Å²) in [6.45, 7) is 2.13. The number of nitrogens with one attached hydrogen (secondary N) is 1. The average molecular weight is 303 g/mol. The molecule has 0 saturated heterocycles. The molecule has 0 fully saturated rings. The van der Waals surface area contributed by atoms with E-state index in [1.54, 1.807) is 42.5 Å². The summed E-state index contributed by atoms with van der Waals surface area (Å²) in [4.78, 5) is 14.9. The van der Waals surface area contributed by atoms with Gasteiger partial charge in [0.15, 0.2) is 0 Å². The number of anilines is 2. The summed E-state index contributed by atoms with van der Waals surface area (Å²) in [5, 5.41) is 5.51. The van der Waals surface area contributed by atoms with E-state index in [0.29, 0.717) is 11.3 Å². The van der Waals surface area contributed by atoms with Crippen molar-refractivity contribution < 1.29 is 4.79 Å². The first kappa shape index (κ1) is 15.4. The lowest BCUT2D eigenvalue weighted by molar-refractivity contribution is 0.0827. The third-order valence-electron chi connectivity index (χ3n) is 3.33. The lowest BCUT2D eigenvalue weighted by Gasteiger charge is -2.19. The second kappa shape index (κ2) is 6.63. The minimum absolute atomic E-state index is 0.0257. The van der Waals surface area contributed by atoms with Crippen LogP contribution in [0.3, 0.4) is 0 Å². The van der Waals surface area contributed by atoms with Gasteiger partial charge in [0.05, 0.1) is 17.4 Å². The van der Waals surface area contributed by atoms with E-state index in [2.05, 4.69) is 23.7 Å². The van der Waals surface area contributed by atoms with Crippen LogP contribution in [0.4, 0.5) is 11.4 Å². The lowest BCUT2D eigenvalue weighted by Crippen LogP contribution is -2.22. The van der Waals surface area contributed by atoms with Crippen LogP contribution in [-0.2, 0) is 0 Å². The zero-order chi connectivity index (χ0) is 15.4. The van der Waals surface area contributed by atoms with Gasteiger partial charge in [-0.3, -0.25) is 4.79 Å². The Morgan fingerprint density at radius 2 is 2.14 bits per heavy atom. The van der Waals surface area contributed by atoms with Gasteiger partial charge in [-0.1, -0.05) is 13.0 Å². The summed E-state index contributed by atoms with van der Waals surface area (Å²) in [6.07, 6.45) is 0.950. The second-order valence-corrected chi connectivity index (χ2v) is 6.10. The van der Waals surface area contributed by atoms with Crippen molar-refractivity contribution in [2.24, 2.45) is 0 Å². The molecule has 1 heterocycles. The Kier molecular flexibility index (Phi) is 4.85. The summed E-state index contributed by atoms with van der Waals surface area (Å²) in [5.41, 5.74) is 8.14. The number of nitrogen functional groups attached to an aromatic ring is 1. The molecule has 4 nitrogen and oxygen atoms in total. The maximum Gasteiger partial charge on any atom is 0.253 e. The Labute approximate surface area is 129 Å². The van der Waals surface area contributed by atoms with Gasteiger partial charge in [0.25, 0.3) is 5.91 Å². The molecule has 0 aliphatic rings. The fourth-order valence-corrected chi connectivity index (χ4v) is 2.99. The average Bonchev–Trinajstić information content (AvgIpc) is 2.99. The van der Waals surface area contributed by atoms with Gasteiger partial charge in [0.1, 0.15) is 0 Å². The Balaban J connectivity index is 2.26. The molecule has 1 amide bonds. The van der Waals surface area contributed by atoms with Gasteiger partial charge >= 0.3 is 0 Å². The number of amides is 1. The van der Waals surface area contributed by atoms with E-state index in [4.69, 9.17) is 5.73 Å². The zero-order valence-electron chi connectivity index (χ0n) is 12.6. The van der Waals surface area contributed by atoms with Crippen molar-refractivity contribution in [3.05, 3.63) is 46.2 Å². The number of nitrogens with zero attached hydrogens (tertiary/aromatic N) is 1. The van der Waals surface area contributed by atoms with Crippen LogP contribution in [0.2, 0.25) is 0 Å². The summed E-state index contributed by atoms with van der Waals surface area (Å²) < 4.78 is 0. The molecule has 0 radical (unpaired) electrons. The highest BCUT2D eigenvalue weighted by atomic mass is 32.1. The molecule has 21 heavy (non-hydrogen) atoms. The van der Waals surface area contributed by atoms with Crippen molar-refractivity contribution in [2.75, 3.05) is 25.1 Å². The van der Waals surface area contributed by atoms with Crippen molar-refractivity contribution in [1.29, 1.82) is 0 Å². The van der Waals surface area contributed by atoms with Crippen LogP contribution in [0.15, 0.2) is 35.7 Å². The van der Waals surface area contributed by atoms with E-state index in [-0.39, 0.29) is 11.9 Å². The van der Waals surface area contributed by atoms with Crippen LogP contribution in [0, 0.1) is 0 Å². The largest absolute Gasteiger partial charge is 0.397 e. The molecule has 0 spiro atoms. The SMILES string of the molecule is CCC(Nc1cc(C(=O)N(C)C)ccc1N)c1cccs1. The number of hydrogen-bond donors (Lipinski definition) is 2. The summed E-state index contributed by atoms with van der Waals surface area (Å²) in [6, 6.07) is 9.72. The molecule has 0 aliphatic carbocycles. The van der Waals surface area contributed by atoms with Gasteiger partial charge in [-0.25, -0.2) is 0 Å². The summed E-state index contributed by atoms with van der Waals surface area (Å²) >= 11 is 1.72. The molecule has 1 aromatic carbocycles. The third-order valence-corrected chi connectivity index (χ3v) is 4.32. The number of carbonyl (C=O) groups is 1. The molecule has 2 rings (SSSR count). The van der Waals surface area contributed by atoms with Gasteiger partial charge in [-0.15, -0.1) is 11.3 Å². The quantitative estimate of drug-likeness (QED) is 0.830. The van der Waals surface area contributed by atoms with Crippen LogP contribution < -0.4 is 11.1 Å². The fourth-order valence-electron chi connectivity index (χ4n) is 2.12. The van der Waals surface area contributed by atoms with Crippen LogP contribution in [-0.4, -0.2) is 24.9 Å². The van der Waals surface area contributed by atoms with Crippen LogP contribution in [0.5, 0.6) is 0 Å². The van der Waals surface area contributed by atoms with E-state index in [1.165, 1.54) is 4.88 Å². The Morgan fingerprint density at radius 1 is 1.38 bits per heavy atom. The molecule has 2 aromatic rings.